The Morgan fingerprint density at radius 2 is 2.00 bits per heavy atom. The minimum Gasteiger partial charge on any atom is -0.450 e. The normalized spacial score (nSPS) is 15.3. The van der Waals surface area contributed by atoms with Crippen molar-refractivity contribution in [2.24, 2.45) is 0 Å². The van der Waals surface area contributed by atoms with Crippen LogP contribution < -0.4 is 4.90 Å². The quantitative estimate of drug-likeness (QED) is 0.915. The zero-order chi connectivity index (χ0) is 14.5. The van der Waals surface area contributed by atoms with Gasteiger partial charge in [-0.3, -0.25) is 0 Å². The van der Waals surface area contributed by atoms with Crippen LogP contribution in [0.5, 0.6) is 0 Å². The molecule has 0 saturated carbocycles. The molecule has 110 valence electrons. The number of carbonyl (C=O) groups excluding carboxylic acids is 1. The Balaban J connectivity index is 1.98. The van der Waals surface area contributed by atoms with Crippen LogP contribution in [-0.2, 0) is 11.3 Å². The van der Waals surface area contributed by atoms with E-state index in [0.29, 0.717) is 19.7 Å². The van der Waals surface area contributed by atoms with Crippen LogP contribution in [0.15, 0.2) is 18.2 Å². The number of amides is 1. The van der Waals surface area contributed by atoms with Crippen molar-refractivity contribution in [1.29, 1.82) is 0 Å². The Morgan fingerprint density at radius 1 is 1.30 bits per heavy atom. The molecule has 5 heteroatoms. The zero-order valence-electron chi connectivity index (χ0n) is 12.1. The first-order valence-corrected chi connectivity index (χ1v) is 7.02. The van der Waals surface area contributed by atoms with Crippen molar-refractivity contribution in [3.05, 3.63) is 29.3 Å². The van der Waals surface area contributed by atoms with Crippen molar-refractivity contribution < 1.29 is 14.6 Å². The maximum absolute atomic E-state index is 11.6. The number of carbonyl (C=O) groups is 1. The number of ether oxygens (including phenoxy) is 1. The molecule has 1 N–H and O–H groups in total. The van der Waals surface area contributed by atoms with E-state index in [9.17, 15) is 4.79 Å². The number of benzene rings is 1. The number of aliphatic hydroxyl groups is 1. The first-order chi connectivity index (χ1) is 9.65. The molecular weight excluding hydrogens is 256 g/mol. The van der Waals surface area contributed by atoms with E-state index in [4.69, 9.17) is 9.84 Å². The second-order valence-electron chi connectivity index (χ2n) is 4.95. The number of aliphatic hydroxyl groups excluding tert-OH is 1. The maximum atomic E-state index is 11.6. The molecule has 0 radical (unpaired) electrons. The fourth-order valence-corrected chi connectivity index (χ4v) is 2.52. The van der Waals surface area contributed by atoms with Gasteiger partial charge in [0.1, 0.15) is 0 Å². The molecule has 0 unspecified atom stereocenters. The fraction of sp³-hybridized carbons (Fsp3) is 0.533. The predicted molar refractivity (Wildman–Crippen MR) is 77.9 cm³/mol. The molecule has 2 rings (SSSR count). The third-order valence-electron chi connectivity index (χ3n) is 3.59. The number of piperazine rings is 1. The number of nitrogens with zero attached hydrogens (tertiary/aromatic N) is 2. The van der Waals surface area contributed by atoms with Crippen molar-refractivity contribution in [1.82, 2.24) is 4.90 Å². The predicted octanol–water partition coefficient (Wildman–Crippen LogP) is 1.77. The van der Waals surface area contributed by atoms with E-state index in [2.05, 4.69) is 4.90 Å². The Bertz CT molecular complexity index is 468. The average Bonchev–Trinajstić information content (AvgIpc) is 2.47. The first kappa shape index (κ1) is 14.7. The fourth-order valence-electron chi connectivity index (χ4n) is 2.52. The zero-order valence-corrected chi connectivity index (χ0v) is 12.1. The molecule has 1 heterocycles. The Kier molecular flexibility index (Phi) is 4.84. The van der Waals surface area contributed by atoms with Crippen molar-refractivity contribution in [3.63, 3.8) is 0 Å². The molecule has 1 fully saturated rings. The molecule has 0 bridgehead atoms. The van der Waals surface area contributed by atoms with Gasteiger partial charge in [0.2, 0.25) is 0 Å². The lowest BCUT2D eigenvalue weighted by molar-refractivity contribution is 0.105. The van der Waals surface area contributed by atoms with E-state index in [0.717, 1.165) is 24.2 Å². The van der Waals surface area contributed by atoms with Crippen molar-refractivity contribution >= 4 is 11.8 Å². The van der Waals surface area contributed by atoms with E-state index in [1.54, 1.807) is 4.90 Å². The van der Waals surface area contributed by atoms with E-state index in [-0.39, 0.29) is 12.7 Å². The summed E-state index contributed by atoms with van der Waals surface area (Å²) >= 11 is 0. The molecule has 0 aromatic heterocycles. The Hall–Kier alpha value is -1.75. The lowest BCUT2D eigenvalue weighted by Crippen LogP contribution is -2.49. The summed E-state index contributed by atoms with van der Waals surface area (Å²) in [5.74, 6) is 0. The standard InChI is InChI=1S/C15H22N2O3/c1-3-20-15(19)17-8-6-16(7-9-17)14-5-4-13(11-18)10-12(14)2/h4-5,10,18H,3,6-9,11H2,1-2H3. The summed E-state index contributed by atoms with van der Waals surface area (Å²) in [6.45, 7) is 7.32. The molecule has 1 amide bonds. The van der Waals surface area contributed by atoms with Crippen LogP contribution >= 0.6 is 0 Å². The number of rotatable bonds is 3. The summed E-state index contributed by atoms with van der Waals surface area (Å²) in [7, 11) is 0. The number of hydrogen-bond donors (Lipinski definition) is 1. The Morgan fingerprint density at radius 3 is 2.55 bits per heavy atom. The first-order valence-electron chi connectivity index (χ1n) is 7.02. The lowest BCUT2D eigenvalue weighted by Gasteiger charge is -2.36. The van der Waals surface area contributed by atoms with Gasteiger partial charge < -0.3 is 19.6 Å². The van der Waals surface area contributed by atoms with Gasteiger partial charge in [-0.2, -0.15) is 0 Å². The molecule has 20 heavy (non-hydrogen) atoms. The molecule has 1 aliphatic rings. The largest absolute Gasteiger partial charge is 0.450 e. The highest BCUT2D eigenvalue weighted by molar-refractivity contribution is 5.68. The summed E-state index contributed by atoms with van der Waals surface area (Å²) in [5.41, 5.74) is 3.25. The van der Waals surface area contributed by atoms with Crippen LogP contribution in [0.1, 0.15) is 18.1 Å². The Labute approximate surface area is 119 Å². The third-order valence-corrected chi connectivity index (χ3v) is 3.59. The van der Waals surface area contributed by atoms with Crippen molar-refractivity contribution in [3.8, 4) is 0 Å². The molecule has 0 aliphatic carbocycles. The second-order valence-corrected chi connectivity index (χ2v) is 4.95. The van der Waals surface area contributed by atoms with Gasteiger partial charge in [0.15, 0.2) is 0 Å². The number of anilines is 1. The van der Waals surface area contributed by atoms with Crippen LogP contribution in [-0.4, -0.2) is 48.9 Å². The van der Waals surface area contributed by atoms with E-state index in [1.807, 2.05) is 32.0 Å². The highest BCUT2D eigenvalue weighted by Crippen LogP contribution is 2.22. The highest BCUT2D eigenvalue weighted by Gasteiger charge is 2.22. The summed E-state index contributed by atoms with van der Waals surface area (Å²) < 4.78 is 5.02. The van der Waals surface area contributed by atoms with Gasteiger partial charge in [0.05, 0.1) is 13.2 Å². The molecule has 5 nitrogen and oxygen atoms in total. The van der Waals surface area contributed by atoms with Crippen molar-refractivity contribution in [2.75, 3.05) is 37.7 Å². The number of hydrogen-bond acceptors (Lipinski definition) is 4. The van der Waals surface area contributed by atoms with Crippen LogP contribution in [0, 0.1) is 6.92 Å². The summed E-state index contributed by atoms with van der Waals surface area (Å²) in [6, 6.07) is 5.99. The minimum atomic E-state index is -0.223. The molecule has 1 saturated heterocycles. The van der Waals surface area contributed by atoms with Gasteiger partial charge in [-0.1, -0.05) is 12.1 Å². The molecule has 1 aliphatic heterocycles. The average molecular weight is 278 g/mol. The van der Waals surface area contributed by atoms with Crippen molar-refractivity contribution in [2.45, 2.75) is 20.5 Å². The second kappa shape index (κ2) is 6.61. The summed E-state index contributed by atoms with van der Waals surface area (Å²) in [5, 5.41) is 9.14. The maximum Gasteiger partial charge on any atom is 0.409 e. The van der Waals surface area contributed by atoms with Gasteiger partial charge >= 0.3 is 6.09 Å². The molecule has 0 spiro atoms. The molecule has 0 atom stereocenters. The summed E-state index contributed by atoms with van der Waals surface area (Å²) in [4.78, 5) is 15.7. The van der Waals surface area contributed by atoms with Gasteiger partial charge in [-0.05, 0) is 31.0 Å². The van der Waals surface area contributed by atoms with Gasteiger partial charge in [-0.15, -0.1) is 0 Å². The monoisotopic (exact) mass is 278 g/mol. The third kappa shape index (κ3) is 3.22. The molecule has 1 aromatic rings. The minimum absolute atomic E-state index is 0.0672. The smallest absolute Gasteiger partial charge is 0.409 e. The van der Waals surface area contributed by atoms with Crippen LogP contribution in [0.4, 0.5) is 10.5 Å². The van der Waals surface area contributed by atoms with E-state index < -0.39 is 0 Å². The van der Waals surface area contributed by atoms with Crippen LogP contribution in [0.3, 0.4) is 0 Å². The van der Waals surface area contributed by atoms with E-state index in [1.165, 1.54) is 5.69 Å². The van der Waals surface area contributed by atoms with Gasteiger partial charge in [-0.25, -0.2) is 4.79 Å². The van der Waals surface area contributed by atoms with E-state index >= 15 is 0 Å². The molecular formula is C15H22N2O3. The van der Waals surface area contributed by atoms with Crippen LogP contribution in [0.25, 0.3) is 0 Å². The molecule has 1 aromatic carbocycles. The SMILES string of the molecule is CCOC(=O)N1CCN(c2ccc(CO)cc2C)CC1. The van der Waals surface area contributed by atoms with Gasteiger partial charge in [0, 0.05) is 31.9 Å². The lowest BCUT2D eigenvalue weighted by atomic mass is 10.1. The summed E-state index contributed by atoms with van der Waals surface area (Å²) in [6.07, 6.45) is -0.223. The van der Waals surface area contributed by atoms with Gasteiger partial charge in [0.25, 0.3) is 0 Å². The highest BCUT2D eigenvalue weighted by atomic mass is 16.6. The number of aryl methyl sites for hydroxylation is 1. The topological polar surface area (TPSA) is 53.0 Å². The van der Waals surface area contributed by atoms with Crippen LogP contribution in [0.2, 0.25) is 0 Å².